The largest absolute Gasteiger partial charge is 0.242 e. The second-order valence-corrected chi connectivity index (χ2v) is 4.04. The normalized spacial score (nSPS) is 11.4. The molecule has 0 amide bonds. The maximum atomic E-state index is 4.33. The quantitative estimate of drug-likeness (QED) is 0.492. The van der Waals surface area contributed by atoms with Gasteiger partial charge in [-0.3, -0.25) is 0 Å². The molecule has 4 rings (SSSR count). The molecule has 8 heteroatoms. The van der Waals surface area contributed by atoms with Crippen molar-refractivity contribution in [1.29, 1.82) is 0 Å². The van der Waals surface area contributed by atoms with Crippen LogP contribution in [0.25, 0.3) is 22.3 Å². The van der Waals surface area contributed by atoms with Crippen molar-refractivity contribution in [2.75, 3.05) is 0 Å². The van der Waals surface area contributed by atoms with E-state index in [1.807, 2.05) is 6.92 Å². The van der Waals surface area contributed by atoms with E-state index in [0.717, 1.165) is 16.7 Å². The molecule has 92 valence electrons. The van der Waals surface area contributed by atoms with Gasteiger partial charge in [0, 0.05) is 0 Å². The highest BCUT2D eigenvalue weighted by atomic mass is 15.5. The summed E-state index contributed by atoms with van der Waals surface area (Å²) in [5.74, 6) is 0. The van der Waals surface area contributed by atoms with Gasteiger partial charge in [-0.15, -0.1) is 0 Å². The summed E-state index contributed by atoms with van der Waals surface area (Å²) in [6, 6.07) is 0. The van der Waals surface area contributed by atoms with Crippen LogP contribution in [0.15, 0.2) is 31.5 Å². The Balaban J connectivity index is 2.07. The number of imidazole rings is 2. The van der Waals surface area contributed by atoms with Crippen molar-refractivity contribution in [2.45, 2.75) is 6.92 Å². The summed E-state index contributed by atoms with van der Waals surface area (Å²) in [6.07, 6.45) is 8.01. The Morgan fingerprint density at radius 2 is 1.63 bits per heavy atom. The molecule has 0 fully saturated rings. The van der Waals surface area contributed by atoms with Crippen LogP contribution in [0.3, 0.4) is 0 Å². The third-order valence-corrected chi connectivity index (χ3v) is 2.93. The van der Waals surface area contributed by atoms with E-state index >= 15 is 0 Å². The van der Waals surface area contributed by atoms with E-state index in [0.29, 0.717) is 11.3 Å². The van der Waals surface area contributed by atoms with Crippen molar-refractivity contribution in [1.82, 2.24) is 39.3 Å². The highest BCUT2D eigenvalue weighted by Gasteiger charge is 2.11. The van der Waals surface area contributed by atoms with Crippen molar-refractivity contribution in [3.05, 3.63) is 37.2 Å². The van der Waals surface area contributed by atoms with Gasteiger partial charge in [-0.25, -0.2) is 39.3 Å². The molecule has 0 bridgehead atoms. The minimum Gasteiger partial charge on any atom is -0.242 e. The second kappa shape index (κ2) is 3.55. The Morgan fingerprint density at radius 1 is 0.842 bits per heavy atom. The van der Waals surface area contributed by atoms with Crippen molar-refractivity contribution in [2.24, 2.45) is 0 Å². The van der Waals surface area contributed by atoms with E-state index in [1.54, 1.807) is 28.2 Å². The number of hydrogen-bond donors (Lipinski definition) is 0. The predicted molar refractivity (Wildman–Crippen MR) is 66.2 cm³/mol. The standard InChI is InChI=1S/C11H8N8/c1-7-9-11(15-4-13-7)19(6-17-9)18-5-16-8-2-12-3-14-10(8)18/h2-6H,1H3. The molecular weight excluding hydrogens is 244 g/mol. The van der Waals surface area contributed by atoms with E-state index in [-0.39, 0.29) is 0 Å². The Morgan fingerprint density at radius 3 is 2.58 bits per heavy atom. The fourth-order valence-corrected chi connectivity index (χ4v) is 2.01. The first-order valence-electron chi connectivity index (χ1n) is 5.63. The molecule has 4 heterocycles. The van der Waals surface area contributed by atoms with Crippen molar-refractivity contribution < 1.29 is 0 Å². The number of aromatic nitrogens is 8. The first-order chi connectivity index (χ1) is 9.34. The fraction of sp³-hybridized carbons (Fsp3) is 0.0909. The number of rotatable bonds is 1. The number of hydrogen-bond acceptors (Lipinski definition) is 6. The third-order valence-electron chi connectivity index (χ3n) is 2.93. The van der Waals surface area contributed by atoms with Gasteiger partial charge < -0.3 is 0 Å². The molecule has 0 saturated heterocycles. The lowest BCUT2D eigenvalue weighted by Crippen LogP contribution is -2.08. The molecule has 0 atom stereocenters. The van der Waals surface area contributed by atoms with Gasteiger partial charge in [0.05, 0.1) is 11.9 Å². The first-order valence-corrected chi connectivity index (χ1v) is 5.63. The Bertz CT molecular complexity index is 890. The van der Waals surface area contributed by atoms with Crippen molar-refractivity contribution >= 4 is 22.3 Å². The van der Waals surface area contributed by atoms with Crippen molar-refractivity contribution in [3.8, 4) is 0 Å². The van der Waals surface area contributed by atoms with E-state index in [1.165, 1.54) is 12.7 Å². The third kappa shape index (κ3) is 1.33. The maximum Gasteiger partial charge on any atom is 0.183 e. The number of fused-ring (bicyclic) bond motifs is 2. The molecule has 0 aliphatic heterocycles. The summed E-state index contributed by atoms with van der Waals surface area (Å²) in [6.45, 7) is 1.90. The molecule has 0 aliphatic carbocycles. The molecular formula is C11H8N8. The van der Waals surface area contributed by atoms with Crippen LogP contribution in [-0.2, 0) is 0 Å². The molecule has 0 aliphatic rings. The van der Waals surface area contributed by atoms with Crippen LogP contribution in [0, 0.1) is 6.92 Å². The van der Waals surface area contributed by atoms with Gasteiger partial charge in [0.2, 0.25) is 0 Å². The first kappa shape index (κ1) is 10.1. The maximum absolute atomic E-state index is 4.33. The van der Waals surface area contributed by atoms with Crippen LogP contribution in [0.2, 0.25) is 0 Å². The Kier molecular flexibility index (Phi) is 1.88. The molecule has 0 saturated carbocycles. The summed E-state index contributed by atoms with van der Waals surface area (Å²) in [4.78, 5) is 25.1. The van der Waals surface area contributed by atoms with Crippen molar-refractivity contribution in [3.63, 3.8) is 0 Å². The molecule has 8 nitrogen and oxygen atoms in total. The van der Waals surface area contributed by atoms with Crippen LogP contribution in [0.1, 0.15) is 5.69 Å². The lowest BCUT2D eigenvalue weighted by atomic mass is 10.4. The van der Waals surface area contributed by atoms with Crippen LogP contribution >= 0.6 is 0 Å². The molecule has 4 aromatic heterocycles. The zero-order chi connectivity index (χ0) is 12.8. The Labute approximate surface area is 106 Å². The zero-order valence-corrected chi connectivity index (χ0v) is 9.96. The van der Waals surface area contributed by atoms with Gasteiger partial charge in [-0.05, 0) is 6.92 Å². The van der Waals surface area contributed by atoms with Gasteiger partial charge in [-0.1, -0.05) is 0 Å². The van der Waals surface area contributed by atoms with Crippen LogP contribution in [0.4, 0.5) is 0 Å². The van der Waals surface area contributed by atoms with Gasteiger partial charge in [0.15, 0.2) is 11.3 Å². The number of aryl methyl sites for hydroxylation is 1. The van der Waals surface area contributed by atoms with Crippen LogP contribution < -0.4 is 0 Å². The van der Waals surface area contributed by atoms with Gasteiger partial charge in [-0.2, -0.15) is 0 Å². The molecule has 0 aromatic carbocycles. The summed E-state index contributed by atoms with van der Waals surface area (Å²) in [5, 5.41) is 0. The molecule has 0 radical (unpaired) electrons. The smallest absolute Gasteiger partial charge is 0.183 e. The second-order valence-electron chi connectivity index (χ2n) is 4.04. The van der Waals surface area contributed by atoms with Gasteiger partial charge in [0.1, 0.15) is 36.3 Å². The zero-order valence-electron chi connectivity index (χ0n) is 9.96. The van der Waals surface area contributed by atoms with Gasteiger partial charge in [0.25, 0.3) is 0 Å². The minimum absolute atomic E-state index is 0.700. The topological polar surface area (TPSA) is 87.2 Å². The molecule has 0 spiro atoms. The van der Waals surface area contributed by atoms with E-state index in [2.05, 4.69) is 29.9 Å². The predicted octanol–water partition coefficient (Wildman–Crippen LogP) is 0.586. The molecule has 19 heavy (non-hydrogen) atoms. The van der Waals surface area contributed by atoms with E-state index < -0.39 is 0 Å². The fourth-order valence-electron chi connectivity index (χ4n) is 2.01. The SMILES string of the molecule is Cc1ncnc2c1ncn2-n1cnc2cncnc21. The summed E-state index contributed by atoms with van der Waals surface area (Å²) in [7, 11) is 0. The lowest BCUT2D eigenvalue weighted by Gasteiger charge is -2.04. The van der Waals surface area contributed by atoms with E-state index in [4.69, 9.17) is 0 Å². The average molecular weight is 252 g/mol. The van der Waals surface area contributed by atoms with E-state index in [9.17, 15) is 0 Å². The number of nitrogens with zero attached hydrogens (tertiary/aromatic N) is 8. The minimum atomic E-state index is 0.700. The summed E-state index contributed by atoms with van der Waals surface area (Å²) in [5.41, 5.74) is 3.73. The average Bonchev–Trinajstić information content (AvgIpc) is 3.02. The molecule has 4 aromatic rings. The lowest BCUT2D eigenvalue weighted by molar-refractivity contribution is 0.687. The monoisotopic (exact) mass is 252 g/mol. The molecule has 0 unspecified atom stereocenters. The highest BCUT2D eigenvalue weighted by molar-refractivity contribution is 5.74. The van der Waals surface area contributed by atoms with Crippen LogP contribution in [0.5, 0.6) is 0 Å². The highest BCUT2D eigenvalue weighted by Crippen LogP contribution is 2.15. The Hall–Kier alpha value is -2.90. The summed E-state index contributed by atoms with van der Waals surface area (Å²) >= 11 is 0. The summed E-state index contributed by atoms with van der Waals surface area (Å²) < 4.78 is 3.56. The van der Waals surface area contributed by atoms with Crippen LogP contribution in [-0.4, -0.2) is 39.3 Å². The molecule has 0 N–H and O–H groups in total. The van der Waals surface area contributed by atoms with Gasteiger partial charge >= 0.3 is 0 Å².